The molecule has 2 heterocycles. The lowest BCUT2D eigenvalue weighted by Crippen LogP contribution is -2.45. The molecule has 1 N–H and O–H groups in total. The second-order valence-corrected chi connectivity index (χ2v) is 5.92. The number of piperazine rings is 1. The summed E-state index contributed by atoms with van der Waals surface area (Å²) in [6, 6.07) is 10.8. The van der Waals surface area contributed by atoms with E-state index in [0.29, 0.717) is 18.0 Å². The monoisotopic (exact) mass is 329 g/mol. The van der Waals surface area contributed by atoms with Gasteiger partial charge in [-0.3, -0.25) is 9.69 Å². The molecule has 0 atom stereocenters. The highest BCUT2D eigenvalue weighted by molar-refractivity contribution is 6.03. The second-order valence-electron chi connectivity index (χ2n) is 5.92. The lowest BCUT2D eigenvalue weighted by molar-refractivity contribution is 0.0996. The summed E-state index contributed by atoms with van der Waals surface area (Å²) in [5.41, 5.74) is 0.650. The van der Waals surface area contributed by atoms with Crippen LogP contribution in [0.5, 0.6) is 5.75 Å². The van der Waals surface area contributed by atoms with Crippen LogP contribution in [0.2, 0.25) is 0 Å². The number of carbonyl (C=O) groups is 1. The summed E-state index contributed by atoms with van der Waals surface area (Å²) in [6.07, 6.45) is 1.48. The van der Waals surface area contributed by atoms with E-state index in [9.17, 15) is 4.79 Å². The van der Waals surface area contributed by atoms with Crippen molar-refractivity contribution < 1.29 is 13.9 Å². The van der Waals surface area contributed by atoms with Crippen molar-refractivity contribution >= 4 is 11.6 Å². The van der Waals surface area contributed by atoms with Crippen LogP contribution < -0.4 is 10.1 Å². The van der Waals surface area contributed by atoms with Crippen LogP contribution in [0, 0.1) is 0 Å². The zero-order chi connectivity index (χ0) is 16.8. The molecule has 1 aliphatic heterocycles. The third kappa shape index (κ3) is 4.37. The molecule has 24 heavy (non-hydrogen) atoms. The smallest absolute Gasteiger partial charge is 0.291 e. The maximum Gasteiger partial charge on any atom is 0.291 e. The molecule has 3 rings (SSSR count). The van der Waals surface area contributed by atoms with Crippen molar-refractivity contribution in [2.45, 2.75) is 0 Å². The van der Waals surface area contributed by atoms with Gasteiger partial charge in [0, 0.05) is 32.7 Å². The van der Waals surface area contributed by atoms with Crippen molar-refractivity contribution in [3.05, 3.63) is 48.4 Å². The van der Waals surface area contributed by atoms with Crippen molar-refractivity contribution in [2.75, 3.05) is 51.7 Å². The number of nitrogens with zero attached hydrogens (tertiary/aromatic N) is 2. The lowest BCUT2D eigenvalue weighted by atomic mass is 10.3. The molecule has 0 radical (unpaired) electrons. The number of amides is 1. The molecule has 128 valence electrons. The van der Waals surface area contributed by atoms with Crippen LogP contribution in [0.25, 0.3) is 0 Å². The summed E-state index contributed by atoms with van der Waals surface area (Å²) in [4.78, 5) is 16.8. The van der Waals surface area contributed by atoms with Gasteiger partial charge in [0.2, 0.25) is 0 Å². The van der Waals surface area contributed by atoms with E-state index in [1.807, 2.05) is 24.3 Å². The number of anilines is 1. The number of hydrogen-bond acceptors (Lipinski definition) is 5. The lowest BCUT2D eigenvalue weighted by Gasteiger charge is -2.32. The van der Waals surface area contributed by atoms with Gasteiger partial charge < -0.3 is 19.4 Å². The number of rotatable bonds is 6. The van der Waals surface area contributed by atoms with Crippen LogP contribution in [0.4, 0.5) is 5.69 Å². The van der Waals surface area contributed by atoms with Crippen LogP contribution in [0.1, 0.15) is 10.6 Å². The molecule has 1 fully saturated rings. The fourth-order valence-corrected chi connectivity index (χ4v) is 2.64. The van der Waals surface area contributed by atoms with E-state index in [-0.39, 0.29) is 11.7 Å². The number of benzene rings is 1. The van der Waals surface area contributed by atoms with Crippen LogP contribution in [-0.2, 0) is 0 Å². The van der Waals surface area contributed by atoms with E-state index in [2.05, 4.69) is 22.2 Å². The first-order chi connectivity index (χ1) is 11.7. The molecule has 1 amide bonds. The van der Waals surface area contributed by atoms with Gasteiger partial charge >= 0.3 is 0 Å². The fraction of sp³-hybridized carbons (Fsp3) is 0.389. The molecule has 6 heteroatoms. The van der Waals surface area contributed by atoms with Gasteiger partial charge in [0.1, 0.15) is 12.4 Å². The maximum absolute atomic E-state index is 12.1. The molecule has 1 aromatic heterocycles. The van der Waals surface area contributed by atoms with E-state index in [1.54, 1.807) is 12.1 Å². The Kier molecular flexibility index (Phi) is 5.51. The average molecular weight is 329 g/mol. The van der Waals surface area contributed by atoms with Crippen molar-refractivity contribution in [3.63, 3.8) is 0 Å². The highest BCUT2D eigenvalue weighted by Crippen LogP contribution is 2.24. The van der Waals surface area contributed by atoms with Crippen LogP contribution in [-0.4, -0.2) is 62.1 Å². The van der Waals surface area contributed by atoms with E-state index < -0.39 is 0 Å². The number of furan rings is 1. The predicted molar refractivity (Wildman–Crippen MR) is 92.5 cm³/mol. The Labute approximate surface area is 142 Å². The zero-order valence-corrected chi connectivity index (χ0v) is 13.9. The number of ether oxygens (including phenoxy) is 1. The standard InChI is InChI=1S/C18H23N3O3/c1-20-8-10-21(11-9-20)12-14-24-16-6-3-2-5-15(16)19-18(22)17-7-4-13-23-17/h2-7,13H,8-12,14H2,1H3,(H,19,22). The predicted octanol–water partition coefficient (Wildman–Crippen LogP) is 2.16. The molecule has 1 aliphatic rings. The van der Waals surface area contributed by atoms with Gasteiger partial charge in [0.05, 0.1) is 12.0 Å². The Bertz CT molecular complexity index is 649. The quantitative estimate of drug-likeness (QED) is 0.880. The Morgan fingerprint density at radius 2 is 1.96 bits per heavy atom. The van der Waals surface area contributed by atoms with Crippen LogP contribution in [0.15, 0.2) is 47.1 Å². The van der Waals surface area contributed by atoms with Gasteiger partial charge in [-0.05, 0) is 31.3 Å². The molecule has 0 unspecified atom stereocenters. The maximum atomic E-state index is 12.1. The van der Waals surface area contributed by atoms with Gasteiger partial charge in [-0.1, -0.05) is 12.1 Å². The van der Waals surface area contributed by atoms with Crippen molar-refractivity contribution in [3.8, 4) is 5.75 Å². The SMILES string of the molecule is CN1CCN(CCOc2ccccc2NC(=O)c2ccco2)CC1. The van der Waals surface area contributed by atoms with E-state index in [0.717, 1.165) is 32.7 Å². The van der Waals surface area contributed by atoms with E-state index in [1.165, 1.54) is 6.26 Å². The number of carbonyl (C=O) groups excluding carboxylic acids is 1. The molecule has 0 aliphatic carbocycles. The zero-order valence-electron chi connectivity index (χ0n) is 13.9. The molecule has 0 bridgehead atoms. The fourth-order valence-electron chi connectivity index (χ4n) is 2.64. The van der Waals surface area contributed by atoms with Gasteiger partial charge in [0.25, 0.3) is 5.91 Å². The summed E-state index contributed by atoms with van der Waals surface area (Å²) in [5, 5.41) is 2.83. The minimum absolute atomic E-state index is 0.280. The third-order valence-electron chi connectivity index (χ3n) is 4.14. The first-order valence-corrected chi connectivity index (χ1v) is 8.20. The number of likely N-dealkylation sites (N-methyl/N-ethyl adjacent to an activating group) is 1. The molecule has 6 nitrogen and oxygen atoms in total. The van der Waals surface area contributed by atoms with Crippen LogP contribution >= 0.6 is 0 Å². The van der Waals surface area contributed by atoms with E-state index in [4.69, 9.17) is 9.15 Å². The summed E-state index contributed by atoms with van der Waals surface area (Å²) < 4.78 is 11.0. The van der Waals surface area contributed by atoms with Crippen molar-refractivity contribution in [1.29, 1.82) is 0 Å². The topological polar surface area (TPSA) is 58.0 Å². The highest BCUT2D eigenvalue weighted by atomic mass is 16.5. The summed E-state index contributed by atoms with van der Waals surface area (Å²) in [5.74, 6) is 0.670. The number of nitrogens with one attached hydrogen (secondary N) is 1. The van der Waals surface area contributed by atoms with Gasteiger partial charge in [0.15, 0.2) is 5.76 Å². The molecular weight excluding hydrogens is 306 g/mol. The average Bonchev–Trinajstić information content (AvgIpc) is 3.13. The van der Waals surface area contributed by atoms with Gasteiger partial charge in [-0.15, -0.1) is 0 Å². The molecule has 1 aromatic carbocycles. The molecule has 2 aromatic rings. The normalized spacial score (nSPS) is 16.0. The van der Waals surface area contributed by atoms with Crippen molar-refractivity contribution in [2.24, 2.45) is 0 Å². The second kappa shape index (κ2) is 7.99. The summed E-state index contributed by atoms with van der Waals surface area (Å²) in [7, 11) is 2.14. The Morgan fingerprint density at radius 1 is 1.17 bits per heavy atom. The number of hydrogen-bond donors (Lipinski definition) is 1. The van der Waals surface area contributed by atoms with E-state index >= 15 is 0 Å². The van der Waals surface area contributed by atoms with Crippen molar-refractivity contribution in [1.82, 2.24) is 9.80 Å². The minimum atomic E-state index is -0.282. The first-order valence-electron chi connectivity index (χ1n) is 8.20. The summed E-state index contributed by atoms with van der Waals surface area (Å²) >= 11 is 0. The number of para-hydroxylation sites is 2. The highest BCUT2D eigenvalue weighted by Gasteiger charge is 2.14. The summed E-state index contributed by atoms with van der Waals surface area (Å²) in [6.45, 7) is 5.80. The third-order valence-corrected chi connectivity index (χ3v) is 4.14. The largest absolute Gasteiger partial charge is 0.490 e. The van der Waals surface area contributed by atoms with Crippen LogP contribution in [0.3, 0.4) is 0 Å². The Morgan fingerprint density at radius 3 is 2.71 bits per heavy atom. The molecule has 0 saturated carbocycles. The molecular formula is C18H23N3O3. The molecule has 0 spiro atoms. The van der Waals surface area contributed by atoms with Gasteiger partial charge in [-0.2, -0.15) is 0 Å². The Hall–Kier alpha value is -2.31. The minimum Gasteiger partial charge on any atom is -0.490 e. The first kappa shape index (κ1) is 16.5. The Balaban J connectivity index is 1.53. The van der Waals surface area contributed by atoms with Gasteiger partial charge in [-0.25, -0.2) is 0 Å². The molecule has 1 saturated heterocycles.